The van der Waals surface area contributed by atoms with Crippen molar-refractivity contribution in [2.24, 2.45) is 0 Å². The van der Waals surface area contributed by atoms with Crippen LogP contribution in [0.1, 0.15) is 39.0 Å². The maximum absolute atomic E-state index is 11.1. The van der Waals surface area contributed by atoms with E-state index in [1.54, 1.807) is 6.92 Å². The Bertz CT molecular complexity index is 286. The zero-order valence-corrected chi connectivity index (χ0v) is 8.51. The molecule has 0 N–H and O–H groups in total. The summed E-state index contributed by atoms with van der Waals surface area (Å²) in [5.74, 6) is -0.163. The highest BCUT2D eigenvalue weighted by molar-refractivity contribution is 5.69. The second-order valence-electron chi connectivity index (χ2n) is 3.35. The molecule has 3 heteroatoms. The lowest BCUT2D eigenvalue weighted by molar-refractivity contribution is -0.143. The number of esters is 1. The Morgan fingerprint density at radius 1 is 1.57 bits per heavy atom. The first kappa shape index (κ1) is 10.8. The first-order valence-electron chi connectivity index (χ1n) is 5.04. The molecule has 0 unspecified atom stereocenters. The minimum atomic E-state index is -0.163. The zero-order chi connectivity index (χ0) is 10.4. The first-order valence-corrected chi connectivity index (χ1v) is 5.04. The van der Waals surface area contributed by atoms with Crippen molar-refractivity contribution in [3.63, 3.8) is 0 Å². The zero-order valence-electron chi connectivity index (χ0n) is 8.51. The topological polar surface area (TPSA) is 50.1 Å². The lowest BCUT2D eigenvalue weighted by Crippen LogP contribution is -2.03. The van der Waals surface area contributed by atoms with Crippen LogP contribution in [0.15, 0.2) is 11.1 Å². The summed E-state index contributed by atoms with van der Waals surface area (Å²) >= 11 is 0. The van der Waals surface area contributed by atoms with Crippen molar-refractivity contribution in [2.45, 2.75) is 39.0 Å². The van der Waals surface area contributed by atoms with Crippen molar-refractivity contribution in [1.82, 2.24) is 0 Å². The van der Waals surface area contributed by atoms with Crippen LogP contribution in [0.5, 0.6) is 0 Å². The van der Waals surface area contributed by atoms with Gasteiger partial charge in [0.05, 0.1) is 12.7 Å². The second kappa shape index (κ2) is 5.43. The number of nitrogens with zero attached hydrogens (tertiary/aromatic N) is 1. The molecule has 0 aromatic rings. The van der Waals surface area contributed by atoms with Crippen LogP contribution in [0.2, 0.25) is 0 Å². The standard InChI is InChI=1S/C11H15NO2/c1-2-14-11(13)7-6-9-4-3-5-10(9)8-12/h2-7H2,1H3. The van der Waals surface area contributed by atoms with E-state index in [9.17, 15) is 4.79 Å². The summed E-state index contributed by atoms with van der Waals surface area (Å²) in [7, 11) is 0. The highest BCUT2D eigenvalue weighted by atomic mass is 16.5. The molecular formula is C11H15NO2. The van der Waals surface area contributed by atoms with Gasteiger partial charge in [-0.05, 0) is 32.6 Å². The Kier molecular flexibility index (Phi) is 4.18. The number of nitriles is 1. The van der Waals surface area contributed by atoms with Gasteiger partial charge in [0.15, 0.2) is 0 Å². The van der Waals surface area contributed by atoms with Crippen molar-refractivity contribution in [3.8, 4) is 6.07 Å². The van der Waals surface area contributed by atoms with Crippen molar-refractivity contribution in [3.05, 3.63) is 11.1 Å². The highest BCUT2D eigenvalue weighted by Crippen LogP contribution is 2.28. The summed E-state index contributed by atoms with van der Waals surface area (Å²) in [5.41, 5.74) is 2.04. The molecule has 0 heterocycles. The van der Waals surface area contributed by atoms with Gasteiger partial charge in [-0.1, -0.05) is 5.57 Å². The maximum Gasteiger partial charge on any atom is 0.306 e. The predicted octanol–water partition coefficient (Wildman–Crippen LogP) is 2.33. The third-order valence-corrected chi connectivity index (χ3v) is 2.40. The van der Waals surface area contributed by atoms with E-state index in [-0.39, 0.29) is 5.97 Å². The molecular weight excluding hydrogens is 178 g/mol. The van der Waals surface area contributed by atoms with Crippen LogP contribution in [-0.4, -0.2) is 12.6 Å². The molecule has 0 amide bonds. The van der Waals surface area contributed by atoms with Crippen LogP contribution in [0.3, 0.4) is 0 Å². The van der Waals surface area contributed by atoms with Gasteiger partial charge in [0.25, 0.3) is 0 Å². The van der Waals surface area contributed by atoms with Gasteiger partial charge in [0.2, 0.25) is 0 Å². The summed E-state index contributed by atoms with van der Waals surface area (Å²) in [6.07, 6.45) is 4.02. The fourth-order valence-electron chi connectivity index (χ4n) is 1.70. The molecule has 0 bridgehead atoms. The van der Waals surface area contributed by atoms with Gasteiger partial charge in [-0.15, -0.1) is 0 Å². The van der Waals surface area contributed by atoms with Crippen LogP contribution in [0.25, 0.3) is 0 Å². The minimum Gasteiger partial charge on any atom is -0.466 e. The number of hydrogen-bond acceptors (Lipinski definition) is 3. The fraction of sp³-hybridized carbons (Fsp3) is 0.636. The molecule has 0 fully saturated rings. The van der Waals surface area contributed by atoms with E-state index in [2.05, 4.69) is 6.07 Å². The molecule has 76 valence electrons. The number of hydrogen-bond donors (Lipinski definition) is 0. The molecule has 0 aromatic carbocycles. The van der Waals surface area contributed by atoms with E-state index >= 15 is 0 Å². The molecule has 0 spiro atoms. The molecule has 3 nitrogen and oxygen atoms in total. The summed E-state index contributed by atoms with van der Waals surface area (Å²) in [6, 6.07) is 2.20. The molecule has 0 saturated heterocycles. The number of carbonyl (C=O) groups excluding carboxylic acids is 1. The average molecular weight is 193 g/mol. The summed E-state index contributed by atoms with van der Waals surface area (Å²) < 4.78 is 4.83. The van der Waals surface area contributed by atoms with Gasteiger partial charge in [0.1, 0.15) is 0 Å². The van der Waals surface area contributed by atoms with Crippen molar-refractivity contribution < 1.29 is 9.53 Å². The lowest BCUT2D eigenvalue weighted by Gasteiger charge is -2.02. The average Bonchev–Trinajstić information content (AvgIpc) is 2.62. The number of carbonyl (C=O) groups is 1. The Hall–Kier alpha value is -1.30. The van der Waals surface area contributed by atoms with E-state index in [4.69, 9.17) is 10.00 Å². The fourth-order valence-corrected chi connectivity index (χ4v) is 1.70. The smallest absolute Gasteiger partial charge is 0.306 e. The molecule has 0 atom stereocenters. The van der Waals surface area contributed by atoms with E-state index in [0.717, 1.165) is 30.4 Å². The largest absolute Gasteiger partial charge is 0.466 e. The normalized spacial score (nSPS) is 15.4. The van der Waals surface area contributed by atoms with E-state index in [0.29, 0.717) is 19.4 Å². The van der Waals surface area contributed by atoms with Crippen LogP contribution in [0.4, 0.5) is 0 Å². The molecule has 0 aliphatic heterocycles. The van der Waals surface area contributed by atoms with E-state index in [1.807, 2.05) is 0 Å². The number of allylic oxidation sites excluding steroid dienone is 2. The van der Waals surface area contributed by atoms with Crippen LogP contribution in [-0.2, 0) is 9.53 Å². The molecule has 1 aliphatic carbocycles. The van der Waals surface area contributed by atoms with Gasteiger partial charge < -0.3 is 4.74 Å². The van der Waals surface area contributed by atoms with Gasteiger partial charge in [0, 0.05) is 12.0 Å². The highest BCUT2D eigenvalue weighted by Gasteiger charge is 2.15. The Labute approximate surface area is 84.4 Å². The van der Waals surface area contributed by atoms with Crippen molar-refractivity contribution in [1.29, 1.82) is 5.26 Å². The summed E-state index contributed by atoms with van der Waals surface area (Å²) in [6.45, 7) is 2.23. The monoisotopic (exact) mass is 193 g/mol. The van der Waals surface area contributed by atoms with Gasteiger partial charge in [-0.3, -0.25) is 4.79 Å². The Balaban J connectivity index is 2.38. The van der Waals surface area contributed by atoms with Gasteiger partial charge >= 0.3 is 5.97 Å². The molecule has 0 radical (unpaired) electrons. The SMILES string of the molecule is CCOC(=O)CCC1=C(C#N)CCC1. The van der Waals surface area contributed by atoms with E-state index in [1.165, 1.54) is 0 Å². The lowest BCUT2D eigenvalue weighted by atomic mass is 10.1. The van der Waals surface area contributed by atoms with E-state index < -0.39 is 0 Å². The first-order chi connectivity index (χ1) is 6.77. The molecule has 1 rings (SSSR count). The molecule has 1 aliphatic rings. The van der Waals surface area contributed by atoms with Crippen LogP contribution < -0.4 is 0 Å². The third kappa shape index (κ3) is 2.88. The Morgan fingerprint density at radius 3 is 3.00 bits per heavy atom. The van der Waals surface area contributed by atoms with Crippen molar-refractivity contribution in [2.75, 3.05) is 6.61 Å². The van der Waals surface area contributed by atoms with Gasteiger partial charge in [-0.2, -0.15) is 5.26 Å². The van der Waals surface area contributed by atoms with Crippen LogP contribution >= 0.6 is 0 Å². The molecule has 0 saturated carbocycles. The van der Waals surface area contributed by atoms with Crippen LogP contribution in [0, 0.1) is 11.3 Å². The third-order valence-electron chi connectivity index (χ3n) is 2.40. The summed E-state index contributed by atoms with van der Waals surface area (Å²) in [5, 5.41) is 8.78. The van der Waals surface area contributed by atoms with Crippen molar-refractivity contribution >= 4 is 5.97 Å². The summed E-state index contributed by atoms with van der Waals surface area (Å²) in [4.78, 5) is 11.1. The molecule has 0 aromatic heterocycles. The second-order valence-corrected chi connectivity index (χ2v) is 3.35. The maximum atomic E-state index is 11.1. The van der Waals surface area contributed by atoms with Gasteiger partial charge in [-0.25, -0.2) is 0 Å². The quantitative estimate of drug-likeness (QED) is 0.644. The number of ether oxygens (including phenoxy) is 1. The Morgan fingerprint density at radius 2 is 2.36 bits per heavy atom. The predicted molar refractivity (Wildman–Crippen MR) is 52.4 cm³/mol. The molecule has 14 heavy (non-hydrogen) atoms. The number of rotatable bonds is 4. The minimum absolute atomic E-state index is 0.163.